The summed E-state index contributed by atoms with van der Waals surface area (Å²) in [7, 11) is 0. The average Bonchev–Trinajstić information content (AvgIpc) is 3.82. The van der Waals surface area contributed by atoms with Crippen LogP contribution in [0.2, 0.25) is 0 Å². The quantitative estimate of drug-likeness (QED) is 0.184. The molecule has 226 valence electrons. The fourth-order valence-corrected chi connectivity index (χ4v) is 7.77. The Morgan fingerprint density at radius 2 is 1.20 bits per heavy atom. The van der Waals surface area contributed by atoms with Crippen LogP contribution in [-0.2, 0) is 0 Å². The number of benzene rings is 7. The molecule has 0 saturated carbocycles. The molecule has 10 aromatic rings. The van der Waals surface area contributed by atoms with E-state index in [1.54, 1.807) is 0 Å². The van der Waals surface area contributed by atoms with E-state index in [0.717, 1.165) is 88.1 Å². The lowest BCUT2D eigenvalue weighted by molar-refractivity contribution is 0.669. The first kappa shape index (κ1) is 27.1. The molecule has 7 aromatic carbocycles. The molecule has 5 heteroatoms. The van der Waals surface area contributed by atoms with Crippen LogP contribution in [0.25, 0.3) is 92.9 Å². The Balaban J connectivity index is 1.26. The van der Waals surface area contributed by atoms with Gasteiger partial charge in [0, 0.05) is 37.9 Å². The smallest absolute Gasteiger partial charge is 0.211 e. The fraction of sp³-hybridized carbons (Fsp3) is 0. The lowest BCUT2D eigenvalue weighted by Gasteiger charge is -2.17. The van der Waals surface area contributed by atoms with Gasteiger partial charge in [0.1, 0.15) is 17.2 Å². The molecule has 49 heavy (non-hydrogen) atoms. The topological polar surface area (TPSA) is 51.1 Å². The highest BCUT2D eigenvalue weighted by molar-refractivity contribution is 6.27. The van der Waals surface area contributed by atoms with Crippen LogP contribution in [0, 0.1) is 17.9 Å². The van der Waals surface area contributed by atoms with Gasteiger partial charge in [-0.05, 0) is 60.2 Å². The van der Waals surface area contributed by atoms with Gasteiger partial charge in [0.25, 0.3) is 0 Å². The van der Waals surface area contributed by atoms with Crippen LogP contribution in [0.1, 0.15) is 5.56 Å². The van der Waals surface area contributed by atoms with E-state index in [4.69, 9.17) is 11.0 Å². The Bertz CT molecular complexity index is 3030. The van der Waals surface area contributed by atoms with Crippen molar-refractivity contribution in [1.29, 1.82) is 5.26 Å². The van der Waals surface area contributed by atoms with Gasteiger partial charge in [-0.3, -0.25) is 0 Å². The molecule has 5 nitrogen and oxygen atoms in total. The zero-order valence-electron chi connectivity index (χ0n) is 26.1. The second kappa shape index (κ2) is 10.2. The third kappa shape index (κ3) is 3.73. The lowest BCUT2D eigenvalue weighted by atomic mass is 9.98. The number of hydrogen-bond donors (Lipinski definition) is 0. The molecule has 0 bridgehead atoms. The number of furan rings is 1. The van der Waals surface area contributed by atoms with Gasteiger partial charge in [-0.2, -0.15) is 5.26 Å². The van der Waals surface area contributed by atoms with Crippen molar-refractivity contribution >= 4 is 71.2 Å². The highest BCUT2D eigenvalue weighted by Gasteiger charge is 2.23. The number of aromatic nitrogens is 2. The van der Waals surface area contributed by atoms with Crippen LogP contribution in [-0.4, -0.2) is 9.13 Å². The Hall–Kier alpha value is -7.08. The normalized spacial score (nSPS) is 11.6. The Kier molecular flexibility index (Phi) is 5.64. The van der Waals surface area contributed by atoms with Gasteiger partial charge >= 0.3 is 0 Å². The number of fused-ring (bicyclic) bond motifs is 10. The summed E-state index contributed by atoms with van der Waals surface area (Å²) >= 11 is 0. The first-order valence-electron chi connectivity index (χ1n) is 16.1. The van der Waals surface area contributed by atoms with Crippen molar-refractivity contribution in [3.05, 3.63) is 163 Å². The van der Waals surface area contributed by atoms with Crippen molar-refractivity contribution in [3.8, 4) is 28.6 Å². The second-order valence-electron chi connectivity index (χ2n) is 12.3. The number of nitriles is 1. The highest BCUT2D eigenvalue weighted by Crippen LogP contribution is 2.44. The minimum atomic E-state index is 0.533. The summed E-state index contributed by atoms with van der Waals surface area (Å²) in [5.74, 6) is 0. The van der Waals surface area contributed by atoms with Crippen LogP contribution >= 0.6 is 0 Å². The van der Waals surface area contributed by atoms with E-state index in [1.807, 2.05) is 72.8 Å². The van der Waals surface area contributed by atoms with E-state index in [1.165, 1.54) is 0 Å². The molecule has 10 rings (SSSR count). The molecule has 0 aliphatic carbocycles. The summed E-state index contributed by atoms with van der Waals surface area (Å²) in [6.45, 7) is 8.32. The van der Waals surface area contributed by atoms with Gasteiger partial charge in [0.15, 0.2) is 0 Å². The first-order chi connectivity index (χ1) is 24.2. The van der Waals surface area contributed by atoms with Gasteiger partial charge in [-0.1, -0.05) is 91.0 Å². The van der Waals surface area contributed by atoms with Crippen LogP contribution in [0.3, 0.4) is 0 Å². The summed E-state index contributed by atoms with van der Waals surface area (Å²) in [6, 6.07) is 51.6. The molecule has 3 heterocycles. The highest BCUT2D eigenvalue weighted by atomic mass is 16.3. The molecular weight excluding hydrogens is 601 g/mol. The molecular formula is C44H24N4O. The predicted octanol–water partition coefficient (Wildman–Crippen LogP) is 11.9. The van der Waals surface area contributed by atoms with Crippen LogP contribution in [0.4, 0.5) is 5.69 Å². The zero-order chi connectivity index (χ0) is 32.6. The minimum absolute atomic E-state index is 0.533. The molecule has 0 aliphatic heterocycles. The number of hydrogen-bond acceptors (Lipinski definition) is 2. The largest absolute Gasteiger partial charge is 0.456 e. The average molecular weight is 625 g/mol. The van der Waals surface area contributed by atoms with Gasteiger partial charge in [-0.25, -0.2) is 4.85 Å². The van der Waals surface area contributed by atoms with Crippen molar-refractivity contribution < 1.29 is 4.42 Å². The van der Waals surface area contributed by atoms with Crippen molar-refractivity contribution in [3.63, 3.8) is 0 Å². The van der Waals surface area contributed by atoms with E-state index in [-0.39, 0.29) is 0 Å². The van der Waals surface area contributed by atoms with E-state index in [2.05, 4.69) is 92.8 Å². The van der Waals surface area contributed by atoms with E-state index >= 15 is 0 Å². The van der Waals surface area contributed by atoms with Crippen LogP contribution < -0.4 is 0 Å². The second-order valence-corrected chi connectivity index (χ2v) is 12.3. The predicted molar refractivity (Wildman–Crippen MR) is 199 cm³/mol. The molecule has 0 N–H and O–H groups in total. The van der Waals surface area contributed by atoms with Gasteiger partial charge in [0.2, 0.25) is 5.69 Å². The monoisotopic (exact) mass is 624 g/mol. The third-order valence-corrected chi connectivity index (χ3v) is 9.78. The Labute approximate surface area is 280 Å². The maximum absolute atomic E-state index is 10.6. The van der Waals surface area contributed by atoms with E-state index < -0.39 is 0 Å². The van der Waals surface area contributed by atoms with Crippen molar-refractivity contribution in [2.24, 2.45) is 0 Å². The summed E-state index contributed by atoms with van der Waals surface area (Å²) in [5, 5.41) is 17.1. The van der Waals surface area contributed by atoms with Crippen molar-refractivity contribution in [1.82, 2.24) is 9.13 Å². The Morgan fingerprint density at radius 1 is 0.551 bits per heavy atom. The molecule has 0 atom stereocenters. The van der Waals surface area contributed by atoms with Gasteiger partial charge in [0.05, 0.1) is 45.6 Å². The van der Waals surface area contributed by atoms with Gasteiger partial charge < -0.3 is 13.6 Å². The zero-order valence-corrected chi connectivity index (χ0v) is 26.1. The van der Waals surface area contributed by atoms with Crippen molar-refractivity contribution in [2.75, 3.05) is 0 Å². The van der Waals surface area contributed by atoms with E-state index in [0.29, 0.717) is 11.3 Å². The molecule has 0 radical (unpaired) electrons. The molecule has 0 unspecified atom stereocenters. The molecule has 0 aliphatic rings. The molecule has 0 saturated heterocycles. The lowest BCUT2D eigenvalue weighted by Crippen LogP contribution is -2.01. The Morgan fingerprint density at radius 3 is 1.92 bits per heavy atom. The first-order valence-corrected chi connectivity index (χ1v) is 16.1. The fourth-order valence-electron chi connectivity index (χ4n) is 7.77. The minimum Gasteiger partial charge on any atom is -0.456 e. The molecule has 0 fully saturated rings. The maximum Gasteiger partial charge on any atom is 0.211 e. The molecule has 0 spiro atoms. The number of nitrogens with zero attached hydrogens (tertiary/aromatic N) is 4. The maximum atomic E-state index is 10.6. The van der Waals surface area contributed by atoms with Crippen LogP contribution in [0.15, 0.2) is 150 Å². The molecule has 0 amide bonds. The summed E-state index contributed by atoms with van der Waals surface area (Å²) in [5.41, 5.74) is 10.2. The molecule has 3 aromatic heterocycles. The number of para-hydroxylation sites is 5. The SMILES string of the molecule is [C-]#[N+]c1cc(-c2cccc(C#N)c2-n2c3ccccc3c3c4c(ccc32)oc2ccccc24)ccc1-n1c2ccccc2c2ccccc21. The summed E-state index contributed by atoms with van der Waals surface area (Å²) < 4.78 is 10.7. The third-order valence-electron chi connectivity index (χ3n) is 9.78. The standard InChI is InChI=1S/C44H24N4O/c1-46-34-25-27(21-22-38(34)47-35-17-6-2-12-30(35)31-13-3-7-18-36(31)47)29-16-10-11-28(26-45)44(29)48-37-19-8-4-14-32(37)42-39(48)23-24-41-43(42)33-15-5-9-20-40(33)49-41/h2-25H. The van der Waals surface area contributed by atoms with E-state index in [9.17, 15) is 5.26 Å². The van der Waals surface area contributed by atoms with Crippen LogP contribution in [0.5, 0.6) is 0 Å². The summed E-state index contributed by atoms with van der Waals surface area (Å²) in [4.78, 5) is 4.07. The summed E-state index contributed by atoms with van der Waals surface area (Å²) in [6.07, 6.45) is 0. The van der Waals surface area contributed by atoms with Crippen molar-refractivity contribution in [2.45, 2.75) is 0 Å². The van der Waals surface area contributed by atoms with Gasteiger partial charge in [-0.15, -0.1) is 0 Å². The number of rotatable bonds is 3.